The molecular formula is C18H14FNO4S. The third kappa shape index (κ3) is 3.66. The van der Waals surface area contributed by atoms with E-state index in [1.807, 2.05) is 0 Å². The van der Waals surface area contributed by atoms with Crippen LogP contribution in [-0.4, -0.2) is 23.2 Å². The molecule has 0 saturated carbocycles. The molecule has 25 heavy (non-hydrogen) atoms. The fourth-order valence-corrected chi connectivity index (χ4v) is 3.20. The summed E-state index contributed by atoms with van der Waals surface area (Å²) in [6.45, 7) is 1.81. The molecule has 0 unspecified atom stereocenters. The average Bonchev–Trinajstić information content (AvgIpc) is 3.13. The maximum Gasteiger partial charge on any atom is 0.344 e. The molecule has 1 N–H and O–H groups in total. The number of methoxy groups -OCH3 is 1. The Hall–Kier alpha value is -2.80. The second-order valence-electron chi connectivity index (χ2n) is 5.17. The minimum Gasteiger partial charge on any atom is -0.506 e. The van der Waals surface area contributed by atoms with Crippen molar-refractivity contribution in [3.05, 3.63) is 70.0 Å². The summed E-state index contributed by atoms with van der Waals surface area (Å²) in [5.74, 6) is -0.0504. The number of aliphatic hydroxyl groups excluding tert-OH is 1. The highest BCUT2D eigenvalue weighted by atomic mass is 32.2. The fourth-order valence-electron chi connectivity index (χ4n) is 2.18. The topological polar surface area (TPSA) is 72.0 Å². The number of carbonyl (C=O) groups excluding carboxylic acids is 1. The van der Waals surface area contributed by atoms with Gasteiger partial charge in [0.15, 0.2) is 0 Å². The van der Waals surface area contributed by atoms with Crippen LogP contribution in [0.2, 0.25) is 0 Å². The Morgan fingerprint density at radius 2 is 2.00 bits per heavy atom. The Labute approximate surface area is 147 Å². The van der Waals surface area contributed by atoms with Gasteiger partial charge in [0.05, 0.1) is 17.7 Å². The number of rotatable bonds is 3. The van der Waals surface area contributed by atoms with E-state index in [4.69, 9.17) is 9.15 Å². The zero-order chi connectivity index (χ0) is 18.0. The van der Waals surface area contributed by atoms with Crippen molar-refractivity contribution in [3.8, 4) is 0 Å². The SMILES string of the molecule is COC(=O)C1=C(O)/C(=C\c2ccc(C)o2)SC1=Nc1ccc(F)cc1. The van der Waals surface area contributed by atoms with E-state index in [2.05, 4.69) is 4.99 Å². The van der Waals surface area contributed by atoms with Crippen molar-refractivity contribution >= 4 is 34.5 Å². The molecule has 0 saturated heterocycles. The van der Waals surface area contributed by atoms with Gasteiger partial charge in [-0.25, -0.2) is 14.2 Å². The second kappa shape index (κ2) is 6.98. The maximum atomic E-state index is 13.0. The predicted molar refractivity (Wildman–Crippen MR) is 94.2 cm³/mol. The first-order valence-electron chi connectivity index (χ1n) is 7.30. The zero-order valence-corrected chi connectivity index (χ0v) is 14.3. The number of aryl methyl sites for hydroxylation is 1. The van der Waals surface area contributed by atoms with Crippen molar-refractivity contribution in [2.45, 2.75) is 6.92 Å². The molecule has 0 spiro atoms. The van der Waals surface area contributed by atoms with Crippen LogP contribution in [0.15, 0.2) is 62.0 Å². The molecule has 128 valence electrons. The summed E-state index contributed by atoms with van der Waals surface area (Å²) in [6.07, 6.45) is 1.61. The Bertz CT molecular complexity index is 909. The van der Waals surface area contributed by atoms with E-state index < -0.39 is 5.97 Å². The van der Waals surface area contributed by atoms with E-state index in [1.165, 1.54) is 31.4 Å². The zero-order valence-electron chi connectivity index (χ0n) is 13.4. The number of aliphatic imine (C=N–C) groups is 1. The van der Waals surface area contributed by atoms with Crippen molar-refractivity contribution in [2.24, 2.45) is 4.99 Å². The van der Waals surface area contributed by atoms with Crippen LogP contribution in [0.1, 0.15) is 11.5 Å². The van der Waals surface area contributed by atoms with E-state index in [0.717, 1.165) is 17.5 Å². The number of carbonyl (C=O) groups is 1. The molecule has 7 heteroatoms. The molecule has 0 bridgehead atoms. The maximum absolute atomic E-state index is 13.0. The van der Waals surface area contributed by atoms with Gasteiger partial charge in [0.25, 0.3) is 0 Å². The minimum atomic E-state index is -0.704. The number of thioether (sulfide) groups is 1. The summed E-state index contributed by atoms with van der Waals surface area (Å²) in [4.78, 5) is 16.8. The number of hydrogen-bond donors (Lipinski definition) is 1. The van der Waals surface area contributed by atoms with Crippen molar-refractivity contribution < 1.29 is 23.4 Å². The van der Waals surface area contributed by atoms with E-state index in [1.54, 1.807) is 25.1 Å². The number of furan rings is 1. The highest BCUT2D eigenvalue weighted by Crippen LogP contribution is 2.40. The van der Waals surface area contributed by atoms with Gasteiger partial charge in [-0.2, -0.15) is 0 Å². The van der Waals surface area contributed by atoms with E-state index in [-0.39, 0.29) is 22.2 Å². The largest absolute Gasteiger partial charge is 0.506 e. The molecule has 0 fully saturated rings. The molecule has 5 nitrogen and oxygen atoms in total. The molecule has 1 aromatic carbocycles. The molecule has 1 aromatic heterocycles. The predicted octanol–water partition coefficient (Wildman–Crippen LogP) is 4.53. The molecule has 0 atom stereocenters. The minimum absolute atomic E-state index is 0.0358. The number of halogens is 1. The number of ether oxygens (including phenoxy) is 1. The van der Waals surface area contributed by atoms with Crippen LogP contribution in [0.25, 0.3) is 6.08 Å². The molecule has 0 amide bonds. The third-order valence-electron chi connectivity index (χ3n) is 3.37. The highest BCUT2D eigenvalue weighted by Gasteiger charge is 2.33. The third-order valence-corrected chi connectivity index (χ3v) is 4.39. The Kier molecular flexibility index (Phi) is 4.76. The normalized spacial score (nSPS) is 17.6. The molecule has 3 rings (SSSR count). The molecular weight excluding hydrogens is 345 g/mol. The number of benzene rings is 1. The lowest BCUT2D eigenvalue weighted by molar-refractivity contribution is -0.135. The lowest BCUT2D eigenvalue weighted by atomic mass is 10.2. The van der Waals surface area contributed by atoms with E-state index in [9.17, 15) is 14.3 Å². The van der Waals surface area contributed by atoms with Crippen molar-refractivity contribution in [3.63, 3.8) is 0 Å². The summed E-state index contributed by atoms with van der Waals surface area (Å²) < 4.78 is 23.2. The molecule has 1 aliphatic rings. The smallest absolute Gasteiger partial charge is 0.344 e. The van der Waals surface area contributed by atoms with Crippen LogP contribution in [0.5, 0.6) is 0 Å². The summed E-state index contributed by atoms with van der Waals surface area (Å²) in [7, 11) is 1.22. The van der Waals surface area contributed by atoms with Crippen molar-refractivity contribution in [1.29, 1.82) is 0 Å². The number of nitrogens with zero attached hydrogens (tertiary/aromatic N) is 1. The standard InChI is InChI=1S/C18H14FNO4S/c1-10-3-8-13(24-10)9-14-16(21)15(18(22)23-2)17(25-14)20-12-6-4-11(19)5-7-12/h3-9,21H,1-2H3/b14-9+,20-17?. The van der Waals surface area contributed by atoms with Gasteiger partial charge in [-0.15, -0.1) is 0 Å². The van der Waals surface area contributed by atoms with Gasteiger partial charge in [-0.05, 0) is 49.4 Å². The summed E-state index contributed by atoms with van der Waals surface area (Å²) >= 11 is 1.11. The van der Waals surface area contributed by atoms with Crippen LogP contribution in [0.4, 0.5) is 10.1 Å². The lowest BCUT2D eigenvalue weighted by Gasteiger charge is -2.01. The summed E-state index contributed by atoms with van der Waals surface area (Å²) in [6, 6.07) is 9.04. The average molecular weight is 359 g/mol. The van der Waals surface area contributed by atoms with E-state index >= 15 is 0 Å². The second-order valence-corrected chi connectivity index (χ2v) is 6.20. The first-order valence-corrected chi connectivity index (χ1v) is 8.12. The van der Waals surface area contributed by atoms with Crippen molar-refractivity contribution in [1.82, 2.24) is 0 Å². The Morgan fingerprint density at radius 3 is 2.60 bits per heavy atom. The van der Waals surface area contributed by atoms with Gasteiger partial charge in [0.2, 0.25) is 0 Å². The Morgan fingerprint density at radius 1 is 1.28 bits per heavy atom. The monoisotopic (exact) mass is 359 g/mol. The van der Waals surface area contributed by atoms with E-state index in [0.29, 0.717) is 16.4 Å². The summed E-state index contributed by atoms with van der Waals surface area (Å²) in [5, 5.41) is 10.7. The lowest BCUT2D eigenvalue weighted by Crippen LogP contribution is -2.10. The molecule has 0 radical (unpaired) electrons. The number of esters is 1. The fraction of sp³-hybridized carbons (Fsp3) is 0.111. The van der Waals surface area contributed by atoms with Gasteiger partial charge < -0.3 is 14.3 Å². The van der Waals surface area contributed by atoms with Gasteiger partial charge in [0.1, 0.15) is 33.7 Å². The molecule has 0 aliphatic carbocycles. The number of hydrogen-bond acceptors (Lipinski definition) is 6. The van der Waals surface area contributed by atoms with Crippen LogP contribution in [-0.2, 0) is 9.53 Å². The van der Waals surface area contributed by atoms with Gasteiger partial charge in [-0.3, -0.25) is 0 Å². The molecule has 2 aromatic rings. The Balaban J connectivity index is 2.02. The summed E-state index contributed by atoms with van der Waals surface area (Å²) in [5.41, 5.74) is 0.416. The first-order chi connectivity index (χ1) is 12.0. The first kappa shape index (κ1) is 17.0. The molecule has 1 aliphatic heterocycles. The van der Waals surface area contributed by atoms with Crippen LogP contribution < -0.4 is 0 Å². The van der Waals surface area contributed by atoms with Crippen molar-refractivity contribution in [2.75, 3.05) is 7.11 Å². The van der Waals surface area contributed by atoms with Crippen LogP contribution >= 0.6 is 11.8 Å². The van der Waals surface area contributed by atoms with Gasteiger partial charge >= 0.3 is 5.97 Å². The van der Waals surface area contributed by atoms with Crippen LogP contribution in [0, 0.1) is 12.7 Å². The van der Waals surface area contributed by atoms with Gasteiger partial charge in [-0.1, -0.05) is 11.8 Å². The highest BCUT2D eigenvalue weighted by molar-refractivity contribution is 8.18. The quantitative estimate of drug-likeness (QED) is 0.815. The molecule has 2 heterocycles. The van der Waals surface area contributed by atoms with Gasteiger partial charge in [0, 0.05) is 0 Å². The number of aliphatic hydroxyl groups is 1. The van der Waals surface area contributed by atoms with Crippen LogP contribution in [0.3, 0.4) is 0 Å².